The Morgan fingerprint density at radius 2 is 1.87 bits per heavy atom. The van der Waals surface area contributed by atoms with Crippen molar-refractivity contribution in [3.63, 3.8) is 0 Å². The molecule has 2 saturated heterocycles. The number of hydrogen-bond acceptors (Lipinski definition) is 4. The molecule has 0 radical (unpaired) electrons. The fourth-order valence-corrected chi connectivity index (χ4v) is 2.90. The number of alkyl halides is 3. The van der Waals surface area contributed by atoms with Crippen LogP contribution in [0.25, 0.3) is 0 Å². The number of hydrogen-bond donors (Lipinski definition) is 1. The van der Waals surface area contributed by atoms with Crippen LogP contribution in [0.5, 0.6) is 0 Å². The highest BCUT2D eigenvalue weighted by Crippen LogP contribution is 2.19. The van der Waals surface area contributed by atoms with E-state index in [0.717, 1.165) is 12.8 Å². The average molecular weight is 337 g/mol. The number of amides is 2. The summed E-state index contributed by atoms with van der Waals surface area (Å²) in [5.74, 6) is -0.812. The monoisotopic (exact) mass is 337 g/mol. The summed E-state index contributed by atoms with van der Waals surface area (Å²) in [4.78, 5) is 27.5. The fourth-order valence-electron chi connectivity index (χ4n) is 2.90. The minimum Gasteiger partial charge on any atom is -0.378 e. The maximum atomic E-state index is 12.4. The summed E-state index contributed by atoms with van der Waals surface area (Å²) < 4.78 is 41.5. The van der Waals surface area contributed by atoms with Crippen LogP contribution in [0.4, 0.5) is 13.2 Å². The van der Waals surface area contributed by atoms with Crippen LogP contribution in [0.15, 0.2) is 0 Å². The van der Waals surface area contributed by atoms with E-state index >= 15 is 0 Å². The molecular formula is C14H22F3N3O3. The topological polar surface area (TPSA) is 61.9 Å². The van der Waals surface area contributed by atoms with Crippen molar-refractivity contribution in [1.82, 2.24) is 15.1 Å². The lowest BCUT2D eigenvalue weighted by atomic mass is 9.96. The number of rotatable bonds is 4. The minimum atomic E-state index is -4.41. The van der Waals surface area contributed by atoms with E-state index in [1.54, 1.807) is 9.80 Å². The predicted octanol–water partition coefficient (Wildman–Crippen LogP) is 0.236. The first-order chi connectivity index (χ1) is 10.8. The van der Waals surface area contributed by atoms with Crippen molar-refractivity contribution in [2.75, 3.05) is 52.5 Å². The summed E-state index contributed by atoms with van der Waals surface area (Å²) in [5, 5.41) is 1.86. The van der Waals surface area contributed by atoms with E-state index in [-0.39, 0.29) is 18.4 Å². The van der Waals surface area contributed by atoms with Gasteiger partial charge >= 0.3 is 6.18 Å². The summed E-state index contributed by atoms with van der Waals surface area (Å²) in [6, 6.07) is 0. The van der Waals surface area contributed by atoms with Crippen molar-refractivity contribution in [3.05, 3.63) is 0 Å². The van der Waals surface area contributed by atoms with Gasteiger partial charge in [-0.1, -0.05) is 0 Å². The third-order valence-electron chi connectivity index (χ3n) is 4.03. The first-order valence-corrected chi connectivity index (χ1v) is 7.77. The predicted molar refractivity (Wildman–Crippen MR) is 75.6 cm³/mol. The third kappa shape index (κ3) is 5.98. The summed E-state index contributed by atoms with van der Waals surface area (Å²) in [6.45, 7) is 1.80. The summed E-state index contributed by atoms with van der Waals surface area (Å²) in [6.07, 6.45) is -2.91. The van der Waals surface area contributed by atoms with Crippen molar-refractivity contribution < 1.29 is 27.5 Å². The van der Waals surface area contributed by atoms with Crippen molar-refractivity contribution in [3.8, 4) is 0 Å². The Bertz CT molecular complexity index is 425. The lowest BCUT2D eigenvalue weighted by Gasteiger charge is -2.35. The van der Waals surface area contributed by atoms with Gasteiger partial charge in [0.25, 0.3) is 0 Å². The Balaban J connectivity index is 1.78. The Morgan fingerprint density at radius 1 is 1.17 bits per heavy atom. The number of likely N-dealkylation sites (tertiary alicyclic amines) is 1. The molecule has 0 saturated carbocycles. The van der Waals surface area contributed by atoms with E-state index in [9.17, 15) is 22.8 Å². The second-order valence-corrected chi connectivity index (χ2v) is 5.90. The molecule has 2 aliphatic heterocycles. The van der Waals surface area contributed by atoms with Gasteiger partial charge in [-0.15, -0.1) is 0 Å². The highest BCUT2D eigenvalue weighted by molar-refractivity contribution is 5.80. The van der Waals surface area contributed by atoms with Crippen molar-refractivity contribution in [2.24, 2.45) is 5.92 Å². The molecule has 0 aromatic heterocycles. The van der Waals surface area contributed by atoms with E-state index in [1.807, 2.05) is 5.32 Å². The summed E-state index contributed by atoms with van der Waals surface area (Å²) in [7, 11) is 0. The summed E-state index contributed by atoms with van der Waals surface area (Å²) >= 11 is 0. The average Bonchev–Trinajstić information content (AvgIpc) is 2.53. The molecule has 2 aliphatic rings. The van der Waals surface area contributed by atoms with Crippen LogP contribution in [-0.4, -0.2) is 80.3 Å². The van der Waals surface area contributed by atoms with Gasteiger partial charge in [-0.25, -0.2) is 0 Å². The number of carbonyl (C=O) groups excluding carboxylic acids is 2. The fraction of sp³-hybridized carbons (Fsp3) is 0.857. The van der Waals surface area contributed by atoms with Gasteiger partial charge in [-0.05, 0) is 19.4 Å². The van der Waals surface area contributed by atoms with Crippen LogP contribution in [0.2, 0.25) is 0 Å². The van der Waals surface area contributed by atoms with Gasteiger partial charge in [-0.3, -0.25) is 14.5 Å². The molecule has 0 spiro atoms. The van der Waals surface area contributed by atoms with Crippen LogP contribution in [0.3, 0.4) is 0 Å². The standard InChI is InChI=1S/C14H22F3N3O3/c15-14(16,17)10-18-12(21)9-19-3-1-2-11(8-19)13(22)20-4-6-23-7-5-20/h11H,1-10H2,(H,18,21). The SMILES string of the molecule is O=C(CN1CCCC(C(=O)N2CCOCC2)C1)NCC(F)(F)F. The first kappa shape index (κ1) is 18.0. The molecule has 2 amide bonds. The van der Waals surface area contributed by atoms with Crippen LogP contribution in [-0.2, 0) is 14.3 Å². The highest BCUT2D eigenvalue weighted by atomic mass is 19.4. The van der Waals surface area contributed by atoms with E-state index < -0.39 is 18.6 Å². The Kier molecular flexibility index (Phi) is 6.23. The molecule has 2 rings (SSSR count). The molecule has 132 valence electrons. The summed E-state index contributed by atoms with van der Waals surface area (Å²) in [5.41, 5.74) is 0. The lowest BCUT2D eigenvalue weighted by Crippen LogP contribution is -2.50. The molecule has 0 aromatic rings. The van der Waals surface area contributed by atoms with Crippen molar-refractivity contribution in [2.45, 2.75) is 19.0 Å². The molecule has 6 nitrogen and oxygen atoms in total. The number of morpholine rings is 1. The second-order valence-electron chi connectivity index (χ2n) is 5.90. The van der Waals surface area contributed by atoms with Gasteiger partial charge in [0.1, 0.15) is 6.54 Å². The van der Waals surface area contributed by atoms with Gasteiger partial charge in [0.15, 0.2) is 0 Å². The number of ether oxygens (including phenoxy) is 1. The van der Waals surface area contributed by atoms with E-state index in [0.29, 0.717) is 39.4 Å². The number of carbonyl (C=O) groups is 2. The molecule has 9 heteroatoms. The zero-order valence-corrected chi connectivity index (χ0v) is 12.9. The Hall–Kier alpha value is -1.35. The van der Waals surface area contributed by atoms with Crippen LogP contribution in [0.1, 0.15) is 12.8 Å². The third-order valence-corrected chi connectivity index (χ3v) is 4.03. The molecule has 1 unspecified atom stereocenters. The Labute approximate surface area is 132 Å². The zero-order chi connectivity index (χ0) is 16.9. The van der Waals surface area contributed by atoms with Crippen molar-refractivity contribution in [1.29, 1.82) is 0 Å². The van der Waals surface area contributed by atoms with Crippen LogP contribution in [0, 0.1) is 5.92 Å². The minimum absolute atomic E-state index is 0.0497. The molecule has 23 heavy (non-hydrogen) atoms. The first-order valence-electron chi connectivity index (χ1n) is 7.77. The molecule has 1 N–H and O–H groups in total. The molecule has 0 bridgehead atoms. The smallest absolute Gasteiger partial charge is 0.378 e. The van der Waals surface area contributed by atoms with Crippen LogP contribution >= 0.6 is 0 Å². The van der Waals surface area contributed by atoms with Gasteiger partial charge < -0.3 is 15.0 Å². The molecule has 0 aliphatic carbocycles. The number of nitrogens with zero attached hydrogens (tertiary/aromatic N) is 2. The maximum Gasteiger partial charge on any atom is 0.405 e. The zero-order valence-electron chi connectivity index (χ0n) is 12.9. The second kappa shape index (κ2) is 7.96. The maximum absolute atomic E-state index is 12.4. The van der Waals surface area contributed by atoms with E-state index in [4.69, 9.17) is 4.74 Å². The van der Waals surface area contributed by atoms with Gasteiger partial charge in [0.2, 0.25) is 11.8 Å². The van der Waals surface area contributed by atoms with E-state index in [1.165, 1.54) is 0 Å². The quantitative estimate of drug-likeness (QED) is 0.798. The number of halogens is 3. The lowest BCUT2D eigenvalue weighted by molar-refractivity contribution is -0.143. The molecular weight excluding hydrogens is 315 g/mol. The van der Waals surface area contributed by atoms with Crippen LogP contribution < -0.4 is 5.32 Å². The molecule has 2 heterocycles. The Morgan fingerprint density at radius 3 is 2.52 bits per heavy atom. The molecule has 2 fully saturated rings. The van der Waals surface area contributed by atoms with Gasteiger partial charge in [-0.2, -0.15) is 13.2 Å². The molecule has 0 aromatic carbocycles. The van der Waals surface area contributed by atoms with E-state index in [2.05, 4.69) is 0 Å². The number of piperidine rings is 1. The number of nitrogens with one attached hydrogen (secondary N) is 1. The van der Waals surface area contributed by atoms with Gasteiger partial charge in [0.05, 0.1) is 25.7 Å². The van der Waals surface area contributed by atoms with Crippen molar-refractivity contribution >= 4 is 11.8 Å². The highest BCUT2D eigenvalue weighted by Gasteiger charge is 2.31. The largest absolute Gasteiger partial charge is 0.405 e. The molecule has 1 atom stereocenters. The normalized spacial score (nSPS) is 23.6. The van der Waals surface area contributed by atoms with Gasteiger partial charge in [0, 0.05) is 19.6 Å².